The van der Waals surface area contributed by atoms with Gasteiger partial charge in [-0.3, -0.25) is 0 Å². The summed E-state index contributed by atoms with van der Waals surface area (Å²) in [5.74, 6) is -0.824. The van der Waals surface area contributed by atoms with Crippen LogP contribution in [0.15, 0.2) is 12.1 Å². The fourth-order valence-corrected chi connectivity index (χ4v) is 1.91. The molecular weight excluding hydrogens is 230 g/mol. The van der Waals surface area contributed by atoms with Crippen molar-refractivity contribution in [1.82, 2.24) is 0 Å². The van der Waals surface area contributed by atoms with Crippen LogP contribution >= 0.6 is 11.8 Å². The Labute approximate surface area is 98.6 Å². The molecule has 0 aliphatic carbocycles. The average molecular weight is 246 g/mol. The Bertz CT molecular complexity index is 358. The number of nitrogens with two attached hydrogens (primary N) is 1. The fourth-order valence-electron chi connectivity index (χ4n) is 1.33. The Balaban J connectivity index is 2.76. The van der Waals surface area contributed by atoms with Gasteiger partial charge >= 0.3 is 0 Å². The third kappa shape index (κ3) is 3.27. The van der Waals surface area contributed by atoms with Gasteiger partial charge in [0, 0.05) is 6.04 Å². The van der Waals surface area contributed by atoms with Crippen LogP contribution < -0.4 is 11.1 Å². The number of anilines is 2. The van der Waals surface area contributed by atoms with Crippen molar-refractivity contribution in [2.45, 2.75) is 19.4 Å². The van der Waals surface area contributed by atoms with E-state index in [1.807, 2.05) is 13.2 Å². The lowest BCUT2D eigenvalue weighted by atomic mass is 10.2. The summed E-state index contributed by atoms with van der Waals surface area (Å²) in [6, 6.07) is 2.45. The fraction of sp³-hybridized carbons (Fsp3) is 0.455. The molecule has 1 aromatic carbocycles. The first kappa shape index (κ1) is 13.1. The maximum absolute atomic E-state index is 13.4. The first-order valence-corrected chi connectivity index (χ1v) is 6.44. The maximum atomic E-state index is 13.4. The highest BCUT2D eigenvalue weighted by molar-refractivity contribution is 7.98. The SMILES string of the molecule is CSCCC(C)Nc1c(N)ccc(F)c1F. The molecule has 2 nitrogen and oxygen atoms in total. The molecule has 1 unspecified atom stereocenters. The van der Waals surface area contributed by atoms with Gasteiger partial charge in [0.25, 0.3) is 0 Å². The number of thioether (sulfide) groups is 1. The quantitative estimate of drug-likeness (QED) is 0.784. The van der Waals surface area contributed by atoms with E-state index in [1.54, 1.807) is 11.8 Å². The second kappa shape index (κ2) is 5.94. The van der Waals surface area contributed by atoms with Crippen LogP contribution in [-0.2, 0) is 0 Å². The number of nitrogens with one attached hydrogen (secondary N) is 1. The molecule has 0 aliphatic heterocycles. The van der Waals surface area contributed by atoms with Gasteiger partial charge < -0.3 is 11.1 Å². The monoisotopic (exact) mass is 246 g/mol. The van der Waals surface area contributed by atoms with Gasteiger partial charge in [0.2, 0.25) is 0 Å². The Morgan fingerprint density at radius 2 is 2.12 bits per heavy atom. The predicted molar refractivity (Wildman–Crippen MR) is 66.9 cm³/mol. The standard InChI is InChI=1S/C11H16F2N2S/c1-7(5-6-16-2)15-11-9(14)4-3-8(12)10(11)13/h3-4,7,15H,5-6,14H2,1-2H3. The molecule has 0 aromatic heterocycles. The van der Waals surface area contributed by atoms with Crippen LogP contribution in [0.4, 0.5) is 20.2 Å². The number of nitrogen functional groups attached to an aromatic ring is 1. The van der Waals surface area contributed by atoms with Crippen molar-refractivity contribution >= 4 is 23.1 Å². The third-order valence-electron chi connectivity index (χ3n) is 2.27. The van der Waals surface area contributed by atoms with Crippen molar-refractivity contribution in [3.8, 4) is 0 Å². The molecule has 0 fully saturated rings. The van der Waals surface area contributed by atoms with Gasteiger partial charge in [-0.05, 0) is 37.5 Å². The van der Waals surface area contributed by atoms with Gasteiger partial charge in [-0.2, -0.15) is 11.8 Å². The summed E-state index contributed by atoms with van der Waals surface area (Å²) < 4.78 is 26.4. The molecule has 3 N–H and O–H groups in total. The Hall–Kier alpha value is -0.970. The number of hydrogen-bond donors (Lipinski definition) is 2. The second-order valence-corrected chi connectivity index (χ2v) is 4.64. The first-order chi connectivity index (χ1) is 7.56. The lowest BCUT2D eigenvalue weighted by Crippen LogP contribution is -2.18. The summed E-state index contributed by atoms with van der Waals surface area (Å²) in [5.41, 5.74) is 5.89. The molecule has 1 aromatic rings. The molecule has 0 bridgehead atoms. The summed E-state index contributed by atoms with van der Waals surface area (Å²) in [4.78, 5) is 0. The van der Waals surface area contributed by atoms with Crippen LogP contribution in [0, 0.1) is 11.6 Å². The molecule has 1 atom stereocenters. The normalized spacial score (nSPS) is 12.5. The van der Waals surface area contributed by atoms with Gasteiger partial charge in [0.1, 0.15) is 0 Å². The lowest BCUT2D eigenvalue weighted by Gasteiger charge is -2.17. The first-order valence-electron chi connectivity index (χ1n) is 5.05. The van der Waals surface area contributed by atoms with Crippen LogP contribution in [0.5, 0.6) is 0 Å². The molecule has 5 heteroatoms. The zero-order chi connectivity index (χ0) is 12.1. The number of benzene rings is 1. The van der Waals surface area contributed by atoms with Gasteiger partial charge in [-0.15, -0.1) is 0 Å². The Morgan fingerprint density at radius 3 is 2.75 bits per heavy atom. The van der Waals surface area contributed by atoms with Gasteiger partial charge in [-0.1, -0.05) is 0 Å². The smallest absolute Gasteiger partial charge is 0.183 e. The van der Waals surface area contributed by atoms with Crippen LogP contribution in [0.25, 0.3) is 0 Å². The maximum Gasteiger partial charge on any atom is 0.183 e. The van der Waals surface area contributed by atoms with Gasteiger partial charge in [0.05, 0.1) is 11.4 Å². The minimum absolute atomic E-state index is 0.0612. The highest BCUT2D eigenvalue weighted by Gasteiger charge is 2.13. The minimum Gasteiger partial charge on any atom is -0.397 e. The van der Waals surface area contributed by atoms with E-state index in [0.29, 0.717) is 0 Å². The van der Waals surface area contributed by atoms with E-state index >= 15 is 0 Å². The minimum atomic E-state index is -0.906. The zero-order valence-corrected chi connectivity index (χ0v) is 10.2. The molecule has 0 amide bonds. The average Bonchev–Trinajstić information content (AvgIpc) is 2.27. The van der Waals surface area contributed by atoms with Gasteiger partial charge in [0.15, 0.2) is 11.6 Å². The topological polar surface area (TPSA) is 38.0 Å². The highest BCUT2D eigenvalue weighted by Crippen LogP contribution is 2.25. The number of rotatable bonds is 5. The zero-order valence-electron chi connectivity index (χ0n) is 9.39. The number of halogens is 2. The summed E-state index contributed by atoms with van der Waals surface area (Å²) in [6.45, 7) is 1.92. The van der Waals surface area contributed by atoms with Crippen molar-refractivity contribution < 1.29 is 8.78 Å². The molecule has 1 rings (SSSR count). The number of hydrogen-bond acceptors (Lipinski definition) is 3. The molecule has 0 saturated heterocycles. The van der Waals surface area contributed by atoms with Crippen molar-refractivity contribution in [3.63, 3.8) is 0 Å². The Kier molecular flexibility index (Phi) is 4.86. The van der Waals surface area contributed by atoms with Crippen molar-refractivity contribution in [2.75, 3.05) is 23.1 Å². The lowest BCUT2D eigenvalue weighted by molar-refractivity contribution is 0.510. The van der Waals surface area contributed by atoms with Crippen LogP contribution in [0.1, 0.15) is 13.3 Å². The molecule has 16 heavy (non-hydrogen) atoms. The van der Waals surface area contributed by atoms with E-state index in [9.17, 15) is 8.78 Å². The van der Waals surface area contributed by atoms with Gasteiger partial charge in [-0.25, -0.2) is 8.78 Å². The molecule has 0 radical (unpaired) electrons. The largest absolute Gasteiger partial charge is 0.397 e. The molecular formula is C11H16F2N2S. The van der Waals surface area contributed by atoms with E-state index < -0.39 is 11.6 Å². The molecule has 0 spiro atoms. The van der Waals surface area contributed by atoms with Crippen molar-refractivity contribution in [1.29, 1.82) is 0 Å². The predicted octanol–water partition coefficient (Wildman–Crippen LogP) is 3.10. The van der Waals surface area contributed by atoms with Crippen LogP contribution in [0.2, 0.25) is 0 Å². The van der Waals surface area contributed by atoms with Crippen LogP contribution in [-0.4, -0.2) is 18.1 Å². The summed E-state index contributed by atoms with van der Waals surface area (Å²) in [7, 11) is 0. The van der Waals surface area contributed by atoms with E-state index in [4.69, 9.17) is 5.73 Å². The van der Waals surface area contributed by atoms with Crippen LogP contribution in [0.3, 0.4) is 0 Å². The summed E-state index contributed by atoms with van der Waals surface area (Å²) >= 11 is 1.71. The summed E-state index contributed by atoms with van der Waals surface area (Å²) in [6.07, 6.45) is 2.88. The Morgan fingerprint density at radius 1 is 1.44 bits per heavy atom. The summed E-state index contributed by atoms with van der Waals surface area (Å²) in [5, 5.41) is 2.90. The van der Waals surface area contributed by atoms with E-state index in [-0.39, 0.29) is 17.4 Å². The van der Waals surface area contributed by atoms with E-state index in [2.05, 4.69) is 5.32 Å². The molecule has 0 heterocycles. The van der Waals surface area contributed by atoms with E-state index in [0.717, 1.165) is 18.2 Å². The molecule has 90 valence electrons. The highest BCUT2D eigenvalue weighted by atomic mass is 32.2. The third-order valence-corrected chi connectivity index (χ3v) is 2.92. The second-order valence-electron chi connectivity index (χ2n) is 3.65. The van der Waals surface area contributed by atoms with Crippen molar-refractivity contribution in [2.24, 2.45) is 0 Å². The molecule has 0 aliphatic rings. The van der Waals surface area contributed by atoms with Crippen molar-refractivity contribution in [3.05, 3.63) is 23.8 Å². The van der Waals surface area contributed by atoms with E-state index in [1.165, 1.54) is 6.07 Å². The molecule has 0 saturated carbocycles.